The van der Waals surface area contributed by atoms with Crippen LogP contribution in [0.15, 0.2) is 18.2 Å². The summed E-state index contributed by atoms with van der Waals surface area (Å²) in [5, 5.41) is 12.4. The molecule has 5 heteroatoms. The highest BCUT2D eigenvalue weighted by Gasteiger charge is 2.34. The minimum Gasteiger partial charge on any atom is -0.478 e. The molecule has 0 aliphatic carbocycles. The molecule has 2 N–H and O–H groups in total. The Balaban J connectivity index is 1.90. The first-order chi connectivity index (χ1) is 10.1. The number of carbonyl (C=O) groups is 2. The van der Waals surface area contributed by atoms with Gasteiger partial charge in [0.2, 0.25) is 5.91 Å². The van der Waals surface area contributed by atoms with Crippen LogP contribution in [0, 0.1) is 5.92 Å². The zero-order valence-electron chi connectivity index (χ0n) is 12.1. The van der Waals surface area contributed by atoms with E-state index in [1.165, 1.54) is 0 Å². The third kappa shape index (κ3) is 2.53. The molecular weight excluding hydrogens is 268 g/mol. The molecule has 2 aliphatic heterocycles. The Hall–Kier alpha value is -1.88. The quantitative estimate of drug-likeness (QED) is 0.868. The number of hydrogen-bond acceptors (Lipinski definition) is 3. The first-order valence-electron chi connectivity index (χ1n) is 7.49. The summed E-state index contributed by atoms with van der Waals surface area (Å²) in [6, 6.07) is 4.94. The van der Waals surface area contributed by atoms with E-state index in [-0.39, 0.29) is 17.5 Å². The highest BCUT2D eigenvalue weighted by Crippen LogP contribution is 2.30. The predicted octanol–water partition coefficient (Wildman–Crippen LogP) is 1.66. The maximum atomic E-state index is 12.7. The van der Waals surface area contributed by atoms with Gasteiger partial charge in [0.05, 0.1) is 11.6 Å². The average Bonchev–Trinajstić information content (AvgIpc) is 2.91. The summed E-state index contributed by atoms with van der Waals surface area (Å²) < 4.78 is 0. The molecule has 2 heterocycles. The number of rotatable bonds is 2. The van der Waals surface area contributed by atoms with Crippen molar-refractivity contribution >= 4 is 17.6 Å². The number of fused-ring (bicyclic) bond motifs is 1. The highest BCUT2D eigenvalue weighted by molar-refractivity contribution is 5.99. The van der Waals surface area contributed by atoms with Gasteiger partial charge in [0, 0.05) is 12.2 Å². The second-order valence-electron chi connectivity index (χ2n) is 5.94. The van der Waals surface area contributed by atoms with Crippen molar-refractivity contribution in [1.29, 1.82) is 0 Å². The fourth-order valence-electron chi connectivity index (χ4n) is 3.29. The third-order valence-corrected chi connectivity index (χ3v) is 4.51. The number of carboxylic acids is 1. The molecule has 3 rings (SSSR count). The molecule has 2 atom stereocenters. The van der Waals surface area contributed by atoms with Crippen molar-refractivity contribution in [2.24, 2.45) is 5.92 Å². The summed E-state index contributed by atoms with van der Waals surface area (Å²) in [4.78, 5) is 25.6. The standard InChI is InChI=1S/C16H20N2O3/c1-10-6-7-17-14(10)15(19)18-8-2-3-11-9-12(16(20)21)4-5-13(11)18/h4-5,9-10,14,17H,2-3,6-8H2,1H3,(H,20,21). The van der Waals surface area contributed by atoms with Crippen molar-refractivity contribution in [1.82, 2.24) is 5.32 Å². The predicted molar refractivity (Wildman–Crippen MR) is 79.6 cm³/mol. The molecule has 1 aromatic rings. The fraction of sp³-hybridized carbons (Fsp3) is 0.500. The lowest BCUT2D eigenvalue weighted by Crippen LogP contribution is -2.47. The summed E-state index contributed by atoms with van der Waals surface area (Å²) in [7, 11) is 0. The third-order valence-electron chi connectivity index (χ3n) is 4.51. The van der Waals surface area contributed by atoms with Crippen molar-refractivity contribution in [3.05, 3.63) is 29.3 Å². The number of nitrogens with one attached hydrogen (secondary N) is 1. The van der Waals surface area contributed by atoms with Crippen molar-refractivity contribution in [3.8, 4) is 0 Å². The Labute approximate surface area is 123 Å². The largest absolute Gasteiger partial charge is 0.478 e. The van der Waals surface area contributed by atoms with Crippen LogP contribution in [0.25, 0.3) is 0 Å². The molecular formula is C16H20N2O3. The lowest BCUT2D eigenvalue weighted by Gasteiger charge is -2.32. The van der Waals surface area contributed by atoms with Crippen LogP contribution in [-0.2, 0) is 11.2 Å². The summed E-state index contributed by atoms with van der Waals surface area (Å²) in [5.41, 5.74) is 2.12. The number of carboxylic acid groups (broad SMARTS) is 1. The van der Waals surface area contributed by atoms with Gasteiger partial charge in [0.1, 0.15) is 0 Å². The van der Waals surface area contributed by atoms with Crippen molar-refractivity contribution in [2.45, 2.75) is 32.2 Å². The topological polar surface area (TPSA) is 69.6 Å². The van der Waals surface area contributed by atoms with E-state index in [4.69, 9.17) is 5.11 Å². The van der Waals surface area contributed by atoms with Gasteiger partial charge in [-0.1, -0.05) is 6.92 Å². The van der Waals surface area contributed by atoms with E-state index in [9.17, 15) is 9.59 Å². The zero-order valence-corrected chi connectivity index (χ0v) is 12.1. The van der Waals surface area contributed by atoms with Crippen LogP contribution in [0.2, 0.25) is 0 Å². The fourth-order valence-corrected chi connectivity index (χ4v) is 3.29. The van der Waals surface area contributed by atoms with E-state index in [2.05, 4.69) is 12.2 Å². The monoisotopic (exact) mass is 288 g/mol. The summed E-state index contributed by atoms with van der Waals surface area (Å²) in [6.45, 7) is 3.69. The van der Waals surface area contributed by atoms with E-state index >= 15 is 0 Å². The average molecular weight is 288 g/mol. The second kappa shape index (κ2) is 5.48. The summed E-state index contributed by atoms with van der Waals surface area (Å²) in [5.74, 6) is -0.461. The number of nitrogens with zero attached hydrogens (tertiary/aromatic N) is 1. The first-order valence-corrected chi connectivity index (χ1v) is 7.49. The maximum absolute atomic E-state index is 12.7. The van der Waals surface area contributed by atoms with Gasteiger partial charge in [0.25, 0.3) is 0 Å². The van der Waals surface area contributed by atoms with E-state index in [0.717, 1.165) is 37.1 Å². The molecule has 112 valence electrons. The van der Waals surface area contributed by atoms with Gasteiger partial charge in [-0.3, -0.25) is 4.79 Å². The number of amides is 1. The van der Waals surface area contributed by atoms with Crippen LogP contribution in [0.5, 0.6) is 0 Å². The van der Waals surface area contributed by atoms with Gasteiger partial charge in [-0.25, -0.2) is 4.79 Å². The number of hydrogen-bond donors (Lipinski definition) is 2. The van der Waals surface area contributed by atoms with Gasteiger partial charge in [-0.15, -0.1) is 0 Å². The SMILES string of the molecule is CC1CCNC1C(=O)N1CCCc2cc(C(=O)O)ccc21. The van der Waals surface area contributed by atoms with Crippen molar-refractivity contribution < 1.29 is 14.7 Å². The van der Waals surface area contributed by atoms with Gasteiger partial charge >= 0.3 is 5.97 Å². The van der Waals surface area contributed by atoms with Crippen molar-refractivity contribution in [2.75, 3.05) is 18.0 Å². The molecule has 0 radical (unpaired) electrons. The Morgan fingerprint density at radius 3 is 2.86 bits per heavy atom. The smallest absolute Gasteiger partial charge is 0.335 e. The highest BCUT2D eigenvalue weighted by atomic mass is 16.4. The van der Waals surface area contributed by atoms with Crippen LogP contribution < -0.4 is 10.2 Å². The molecule has 2 unspecified atom stereocenters. The zero-order chi connectivity index (χ0) is 15.0. The minimum atomic E-state index is -0.924. The van der Waals surface area contributed by atoms with Crippen LogP contribution >= 0.6 is 0 Å². The molecule has 2 aliphatic rings. The number of aromatic carboxylic acids is 1. The summed E-state index contributed by atoms with van der Waals surface area (Å²) >= 11 is 0. The first kappa shape index (κ1) is 14.1. The minimum absolute atomic E-state index is 0.115. The lowest BCUT2D eigenvalue weighted by molar-refractivity contribution is -0.121. The molecule has 0 saturated carbocycles. The maximum Gasteiger partial charge on any atom is 0.335 e. The van der Waals surface area contributed by atoms with E-state index in [0.29, 0.717) is 12.5 Å². The Morgan fingerprint density at radius 1 is 1.38 bits per heavy atom. The van der Waals surface area contributed by atoms with Gasteiger partial charge in [-0.2, -0.15) is 0 Å². The van der Waals surface area contributed by atoms with Crippen LogP contribution in [0.4, 0.5) is 5.69 Å². The molecule has 1 aromatic carbocycles. The number of anilines is 1. The van der Waals surface area contributed by atoms with Crippen LogP contribution in [0.3, 0.4) is 0 Å². The molecule has 0 spiro atoms. The van der Waals surface area contributed by atoms with Crippen LogP contribution in [-0.4, -0.2) is 36.1 Å². The molecule has 5 nitrogen and oxygen atoms in total. The van der Waals surface area contributed by atoms with Gasteiger partial charge in [0.15, 0.2) is 0 Å². The van der Waals surface area contributed by atoms with E-state index in [1.54, 1.807) is 18.2 Å². The number of aryl methyl sites for hydroxylation is 1. The van der Waals surface area contributed by atoms with E-state index < -0.39 is 5.97 Å². The Morgan fingerprint density at radius 2 is 2.19 bits per heavy atom. The van der Waals surface area contributed by atoms with Gasteiger partial charge in [-0.05, 0) is 55.5 Å². The normalized spacial score (nSPS) is 24.7. The molecule has 0 bridgehead atoms. The lowest BCUT2D eigenvalue weighted by atomic mass is 9.96. The van der Waals surface area contributed by atoms with Crippen LogP contribution in [0.1, 0.15) is 35.7 Å². The molecule has 21 heavy (non-hydrogen) atoms. The van der Waals surface area contributed by atoms with Gasteiger partial charge < -0.3 is 15.3 Å². The Kier molecular flexibility index (Phi) is 3.68. The van der Waals surface area contributed by atoms with E-state index in [1.807, 2.05) is 4.90 Å². The van der Waals surface area contributed by atoms with Crippen molar-refractivity contribution in [3.63, 3.8) is 0 Å². The molecule has 0 aromatic heterocycles. The Bertz CT molecular complexity index is 585. The molecule has 1 saturated heterocycles. The number of carbonyl (C=O) groups excluding carboxylic acids is 1. The molecule has 1 amide bonds. The summed E-state index contributed by atoms with van der Waals surface area (Å²) in [6.07, 6.45) is 2.73. The number of benzene rings is 1. The molecule has 1 fully saturated rings. The second-order valence-corrected chi connectivity index (χ2v) is 5.94.